The summed E-state index contributed by atoms with van der Waals surface area (Å²) in [5.74, 6) is 1.02. The SMILES string of the molecule is CCN(CCCN(C)C)c1nc(Cl)nc(-n2cccn2)n1. The Bertz CT molecular complexity index is 556. The van der Waals surface area contributed by atoms with Gasteiger partial charge in [0.15, 0.2) is 0 Å². The highest BCUT2D eigenvalue weighted by Gasteiger charge is 2.12. The average Bonchev–Trinajstić information content (AvgIpc) is 2.96. The van der Waals surface area contributed by atoms with Crippen LogP contribution in [0.3, 0.4) is 0 Å². The summed E-state index contributed by atoms with van der Waals surface area (Å²) in [5, 5.41) is 4.30. The van der Waals surface area contributed by atoms with Crippen LogP contribution in [0.2, 0.25) is 5.28 Å². The quantitative estimate of drug-likeness (QED) is 0.772. The Hall–Kier alpha value is -1.73. The Labute approximate surface area is 129 Å². The lowest BCUT2D eigenvalue weighted by atomic mass is 10.3. The summed E-state index contributed by atoms with van der Waals surface area (Å²) in [6, 6.07) is 1.81. The second-order valence-electron chi connectivity index (χ2n) is 4.89. The number of hydrogen-bond acceptors (Lipinski definition) is 6. The summed E-state index contributed by atoms with van der Waals surface area (Å²) in [5.41, 5.74) is 0. The second kappa shape index (κ2) is 7.33. The molecule has 0 saturated carbocycles. The van der Waals surface area contributed by atoms with Crippen LogP contribution in [0.4, 0.5) is 5.95 Å². The first-order chi connectivity index (χ1) is 10.1. The maximum Gasteiger partial charge on any atom is 0.256 e. The van der Waals surface area contributed by atoms with Crippen LogP contribution in [0.15, 0.2) is 18.5 Å². The van der Waals surface area contributed by atoms with Gasteiger partial charge in [-0.15, -0.1) is 0 Å². The molecule has 0 aliphatic heterocycles. The van der Waals surface area contributed by atoms with Gasteiger partial charge in [-0.25, -0.2) is 4.68 Å². The van der Waals surface area contributed by atoms with Crippen LogP contribution in [0, 0.1) is 0 Å². The monoisotopic (exact) mass is 309 g/mol. The van der Waals surface area contributed by atoms with Crippen LogP contribution in [-0.4, -0.2) is 63.4 Å². The number of anilines is 1. The fraction of sp³-hybridized carbons (Fsp3) is 0.538. The van der Waals surface area contributed by atoms with Gasteiger partial charge in [-0.3, -0.25) is 0 Å². The normalized spacial score (nSPS) is 11.1. The zero-order valence-corrected chi connectivity index (χ0v) is 13.3. The summed E-state index contributed by atoms with van der Waals surface area (Å²) >= 11 is 6.01. The summed E-state index contributed by atoms with van der Waals surface area (Å²) in [6.45, 7) is 4.77. The molecule has 0 radical (unpaired) electrons. The van der Waals surface area contributed by atoms with Crippen molar-refractivity contribution in [3.05, 3.63) is 23.7 Å². The first kappa shape index (κ1) is 15.7. The van der Waals surface area contributed by atoms with E-state index in [1.807, 2.05) is 6.07 Å². The molecule has 8 heteroatoms. The van der Waals surface area contributed by atoms with Crippen LogP contribution in [0.25, 0.3) is 5.95 Å². The lowest BCUT2D eigenvalue weighted by molar-refractivity contribution is 0.400. The molecule has 0 atom stereocenters. The third-order valence-electron chi connectivity index (χ3n) is 2.99. The zero-order valence-electron chi connectivity index (χ0n) is 12.6. The number of aromatic nitrogens is 5. The minimum absolute atomic E-state index is 0.177. The molecule has 0 unspecified atom stereocenters. The van der Waals surface area contributed by atoms with E-state index in [1.165, 1.54) is 0 Å². The van der Waals surface area contributed by atoms with E-state index in [9.17, 15) is 0 Å². The van der Waals surface area contributed by atoms with Crippen LogP contribution in [-0.2, 0) is 0 Å². The van der Waals surface area contributed by atoms with Gasteiger partial charge in [0.1, 0.15) is 0 Å². The molecule has 2 aromatic heterocycles. The highest BCUT2D eigenvalue weighted by atomic mass is 35.5. The predicted octanol–water partition coefficient (Wildman–Crippen LogP) is 1.49. The fourth-order valence-electron chi connectivity index (χ4n) is 1.94. The van der Waals surface area contributed by atoms with E-state index in [1.54, 1.807) is 17.1 Å². The van der Waals surface area contributed by atoms with Gasteiger partial charge in [-0.1, -0.05) is 0 Å². The lowest BCUT2D eigenvalue weighted by Crippen LogP contribution is -2.29. The van der Waals surface area contributed by atoms with E-state index < -0.39 is 0 Å². The first-order valence-corrected chi connectivity index (χ1v) is 7.29. The molecule has 0 fully saturated rings. The summed E-state index contributed by atoms with van der Waals surface area (Å²) in [4.78, 5) is 17.0. The van der Waals surface area contributed by atoms with Crippen LogP contribution in [0.1, 0.15) is 13.3 Å². The molecule has 114 valence electrons. The molecule has 2 rings (SSSR count). The molecular weight excluding hydrogens is 290 g/mol. The van der Waals surface area contributed by atoms with Crippen LogP contribution in [0.5, 0.6) is 0 Å². The van der Waals surface area contributed by atoms with Crippen molar-refractivity contribution in [2.75, 3.05) is 38.6 Å². The van der Waals surface area contributed by atoms with E-state index in [2.05, 4.69) is 50.9 Å². The molecule has 0 saturated heterocycles. The molecule has 0 N–H and O–H groups in total. The van der Waals surface area contributed by atoms with Crippen molar-refractivity contribution < 1.29 is 0 Å². The topological polar surface area (TPSA) is 63.0 Å². The van der Waals surface area contributed by atoms with Gasteiger partial charge in [-0.2, -0.15) is 20.1 Å². The summed E-state index contributed by atoms with van der Waals surface area (Å²) < 4.78 is 1.57. The number of halogens is 1. The van der Waals surface area contributed by atoms with Gasteiger partial charge in [0, 0.05) is 25.5 Å². The average molecular weight is 310 g/mol. The van der Waals surface area contributed by atoms with Crippen molar-refractivity contribution in [3.63, 3.8) is 0 Å². The highest BCUT2D eigenvalue weighted by molar-refractivity contribution is 6.28. The molecule has 0 bridgehead atoms. The Kier molecular flexibility index (Phi) is 5.46. The van der Waals surface area contributed by atoms with Crippen molar-refractivity contribution in [3.8, 4) is 5.95 Å². The minimum atomic E-state index is 0.177. The minimum Gasteiger partial charge on any atom is -0.341 e. The number of rotatable bonds is 7. The van der Waals surface area contributed by atoms with E-state index >= 15 is 0 Å². The number of hydrogen-bond donors (Lipinski definition) is 0. The maximum absolute atomic E-state index is 6.01. The zero-order chi connectivity index (χ0) is 15.2. The Morgan fingerprint density at radius 3 is 2.62 bits per heavy atom. The third-order valence-corrected chi connectivity index (χ3v) is 3.16. The lowest BCUT2D eigenvalue weighted by Gasteiger charge is -2.21. The van der Waals surface area contributed by atoms with Gasteiger partial charge in [0.25, 0.3) is 5.95 Å². The van der Waals surface area contributed by atoms with Gasteiger partial charge in [0.05, 0.1) is 0 Å². The second-order valence-corrected chi connectivity index (χ2v) is 5.23. The molecule has 7 nitrogen and oxygen atoms in total. The smallest absolute Gasteiger partial charge is 0.256 e. The summed E-state index contributed by atoms with van der Waals surface area (Å²) in [7, 11) is 4.12. The van der Waals surface area contributed by atoms with Crippen molar-refractivity contribution >= 4 is 17.5 Å². The molecule has 2 heterocycles. The van der Waals surface area contributed by atoms with Crippen LogP contribution < -0.4 is 4.90 Å². The van der Waals surface area contributed by atoms with Crippen LogP contribution >= 0.6 is 11.6 Å². The molecular formula is C13H20ClN7. The Morgan fingerprint density at radius 2 is 2.00 bits per heavy atom. The number of nitrogens with zero attached hydrogens (tertiary/aromatic N) is 7. The molecule has 0 aliphatic rings. The van der Waals surface area contributed by atoms with E-state index in [0.29, 0.717) is 11.9 Å². The third kappa shape index (κ3) is 4.37. The molecule has 2 aromatic rings. The summed E-state index contributed by atoms with van der Waals surface area (Å²) in [6.07, 6.45) is 4.48. The van der Waals surface area contributed by atoms with E-state index in [0.717, 1.165) is 26.1 Å². The van der Waals surface area contributed by atoms with Gasteiger partial charge in [0.2, 0.25) is 11.2 Å². The molecule has 0 aliphatic carbocycles. The van der Waals surface area contributed by atoms with Gasteiger partial charge >= 0.3 is 0 Å². The largest absolute Gasteiger partial charge is 0.341 e. The molecule has 21 heavy (non-hydrogen) atoms. The first-order valence-electron chi connectivity index (χ1n) is 6.91. The van der Waals surface area contributed by atoms with E-state index in [4.69, 9.17) is 11.6 Å². The molecule has 0 spiro atoms. The van der Waals surface area contributed by atoms with Crippen molar-refractivity contribution in [1.29, 1.82) is 0 Å². The highest BCUT2D eigenvalue weighted by Crippen LogP contribution is 2.13. The van der Waals surface area contributed by atoms with E-state index in [-0.39, 0.29) is 5.28 Å². The Morgan fingerprint density at radius 1 is 1.19 bits per heavy atom. The van der Waals surface area contributed by atoms with Crippen molar-refractivity contribution in [2.24, 2.45) is 0 Å². The fourth-order valence-corrected chi connectivity index (χ4v) is 2.09. The van der Waals surface area contributed by atoms with Crippen molar-refractivity contribution in [2.45, 2.75) is 13.3 Å². The molecule has 0 amide bonds. The maximum atomic E-state index is 6.01. The van der Waals surface area contributed by atoms with Crippen molar-refractivity contribution in [1.82, 2.24) is 29.6 Å². The predicted molar refractivity (Wildman–Crippen MR) is 83.0 cm³/mol. The molecule has 0 aromatic carbocycles. The van der Waals surface area contributed by atoms with Gasteiger partial charge in [-0.05, 0) is 51.7 Å². The standard InChI is InChI=1S/C13H20ClN7/c1-4-20(9-6-8-19(2)3)12-16-11(14)17-13(18-12)21-10-5-7-15-21/h5,7,10H,4,6,8-9H2,1-3H3. The Balaban J connectivity index is 2.17. The van der Waals surface area contributed by atoms with Gasteiger partial charge < -0.3 is 9.80 Å².